The Balaban J connectivity index is 1.22. The summed E-state index contributed by atoms with van der Waals surface area (Å²) < 4.78 is 18.0. The molecule has 9 nitrogen and oxygen atoms in total. The summed E-state index contributed by atoms with van der Waals surface area (Å²) in [6, 6.07) is 7.02. The van der Waals surface area contributed by atoms with E-state index in [2.05, 4.69) is 10.4 Å². The van der Waals surface area contributed by atoms with Crippen LogP contribution in [0.1, 0.15) is 42.1 Å². The van der Waals surface area contributed by atoms with E-state index in [9.17, 15) is 9.59 Å². The molecule has 1 atom stereocenters. The molecule has 3 aliphatic heterocycles. The second-order valence-electron chi connectivity index (χ2n) is 7.74. The zero-order chi connectivity index (χ0) is 20.5. The highest BCUT2D eigenvalue weighted by Crippen LogP contribution is 2.33. The summed E-state index contributed by atoms with van der Waals surface area (Å²) in [4.78, 5) is 27.2. The number of hydrogen-bond acceptors (Lipinski definition) is 6. The van der Waals surface area contributed by atoms with Crippen LogP contribution in [0.4, 0.5) is 5.82 Å². The second kappa shape index (κ2) is 7.98. The first kappa shape index (κ1) is 18.9. The van der Waals surface area contributed by atoms with E-state index in [-0.39, 0.29) is 30.8 Å². The first-order valence-electron chi connectivity index (χ1n) is 10.3. The van der Waals surface area contributed by atoms with Gasteiger partial charge in [-0.2, -0.15) is 5.10 Å². The van der Waals surface area contributed by atoms with Crippen molar-refractivity contribution >= 4 is 17.6 Å². The Bertz CT molecular complexity index is 945. The van der Waals surface area contributed by atoms with E-state index in [1.165, 1.54) is 0 Å². The third-order valence-corrected chi connectivity index (χ3v) is 5.87. The van der Waals surface area contributed by atoms with Crippen LogP contribution in [0.15, 0.2) is 30.5 Å². The van der Waals surface area contributed by atoms with Crippen molar-refractivity contribution in [2.24, 2.45) is 0 Å². The largest absolute Gasteiger partial charge is 0.454 e. The number of piperidine rings is 1. The van der Waals surface area contributed by atoms with Gasteiger partial charge in [-0.05, 0) is 43.9 Å². The fourth-order valence-corrected chi connectivity index (χ4v) is 4.24. The van der Waals surface area contributed by atoms with Gasteiger partial charge >= 0.3 is 0 Å². The molecule has 0 unspecified atom stereocenters. The number of amides is 2. The third-order valence-electron chi connectivity index (χ3n) is 5.87. The van der Waals surface area contributed by atoms with Crippen molar-refractivity contribution in [2.45, 2.75) is 37.8 Å². The lowest BCUT2D eigenvalue weighted by molar-refractivity contribution is -0.142. The maximum absolute atomic E-state index is 12.7. The second-order valence-corrected chi connectivity index (χ2v) is 7.74. The molecule has 3 aliphatic rings. The monoisotopic (exact) mass is 412 g/mol. The highest BCUT2D eigenvalue weighted by Gasteiger charge is 2.32. The van der Waals surface area contributed by atoms with Crippen LogP contribution in [0.5, 0.6) is 11.5 Å². The molecule has 1 N–H and O–H groups in total. The predicted octanol–water partition coefficient (Wildman–Crippen LogP) is 2.21. The molecule has 4 heterocycles. The van der Waals surface area contributed by atoms with Crippen LogP contribution in [-0.2, 0) is 9.53 Å². The topological polar surface area (TPSA) is 94.9 Å². The molecule has 2 amide bonds. The minimum atomic E-state index is -0.275. The smallest absolute Gasteiger partial charge is 0.256 e. The van der Waals surface area contributed by atoms with Crippen LogP contribution >= 0.6 is 0 Å². The number of carbonyl (C=O) groups is 2. The first-order valence-corrected chi connectivity index (χ1v) is 10.3. The van der Waals surface area contributed by atoms with Gasteiger partial charge in [0.1, 0.15) is 11.9 Å². The van der Waals surface area contributed by atoms with E-state index >= 15 is 0 Å². The lowest BCUT2D eigenvalue weighted by Gasteiger charge is -2.33. The summed E-state index contributed by atoms with van der Waals surface area (Å²) in [5.74, 6) is 1.71. The van der Waals surface area contributed by atoms with Gasteiger partial charge in [-0.15, -0.1) is 0 Å². The molecule has 0 bridgehead atoms. The van der Waals surface area contributed by atoms with E-state index < -0.39 is 0 Å². The van der Waals surface area contributed by atoms with Crippen molar-refractivity contribution in [3.05, 3.63) is 36.0 Å². The normalized spacial score (nSPS) is 21.1. The highest BCUT2D eigenvalue weighted by atomic mass is 16.7. The molecule has 2 aromatic rings. The number of likely N-dealkylation sites (tertiary alicyclic amines) is 1. The zero-order valence-corrected chi connectivity index (χ0v) is 16.6. The van der Waals surface area contributed by atoms with Crippen LogP contribution in [0.25, 0.3) is 0 Å². The van der Waals surface area contributed by atoms with Crippen molar-refractivity contribution < 1.29 is 23.8 Å². The number of nitrogens with one attached hydrogen (secondary N) is 1. The highest BCUT2D eigenvalue weighted by molar-refractivity contribution is 6.04. The van der Waals surface area contributed by atoms with Gasteiger partial charge in [0.25, 0.3) is 11.8 Å². The zero-order valence-electron chi connectivity index (χ0n) is 16.6. The molecule has 30 heavy (non-hydrogen) atoms. The maximum atomic E-state index is 12.7. The summed E-state index contributed by atoms with van der Waals surface area (Å²) in [5, 5.41) is 7.36. The molecule has 5 rings (SSSR count). The number of ether oxygens (including phenoxy) is 3. The van der Waals surface area contributed by atoms with Gasteiger partial charge < -0.3 is 24.4 Å². The Morgan fingerprint density at radius 2 is 1.90 bits per heavy atom. The van der Waals surface area contributed by atoms with Gasteiger partial charge in [-0.1, -0.05) is 0 Å². The Morgan fingerprint density at radius 3 is 2.70 bits per heavy atom. The summed E-state index contributed by atoms with van der Waals surface area (Å²) in [5.41, 5.74) is 0.490. The number of benzene rings is 1. The van der Waals surface area contributed by atoms with Crippen molar-refractivity contribution in [1.82, 2.24) is 14.7 Å². The molecule has 9 heteroatoms. The number of nitrogens with zero attached hydrogens (tertiary/aromatic N) is 3. The van der Waals surface area contributed by atoms with E-state index in [1.54, 1.807) is 30.5 Å². The quantitative estimate of drug-likeness (QED) is 0.827. The van der Waals surface area contributed by atoms with Crippen LogP contribution in [0, 0.1) is 0 Å². The van der Waals surface area contributed by atoms with Crippen molar-refractivity contribution in [1.29, 1.82) is 0 Å². The fourth-order valence-electron chi connectivity index (χ4n) is 4.24. The average Bonchev–Trinajstić information content (AvgIpc) is 3.54. The number of hydrogen-bond donors (Lipinski definition) is 1. The van der Waals surface area contributed by atoms with Gasteiger partial charge in [0.15, 0.2) is 11.5 Å². The number of anilines is 1. The molecule has 0 spiro atoms. The van der Waals surface area contributed by atoms with Crippen LogP contribution < -0.4 is 14.8 Å². The Kier molecular flexibility index (Phi) is 5.04. The van der Waals surface area contributed by atoms with E-state index in [4.69, 9.17) is 14.2 Å². The summed E-state index contributed by atoms with van der Waals surface area (Å²) >= 11 is 0. The molecular weight excluding hydrogens is 388 g/mol. The van der Waals surface area contributed by atoms with E-state index in [1.807, 2.05) is 9.58 Å². The molecule has 2 fully saturated rings. The summed E-state index contributed by atoms with van der Waals surface area (Å²) in [6.07, 6.45) is 4.74. The minimum absolute atomic E-state index is 0.0998. The number of fused-ring (bicyclic) bond motifs is 1. The van der Waals surface area contributed by atoms with E-state index in [0.29, 0.717) is 42.6 Å². The lowest BCUT2D eigenvalue weighted by atomic mass is 10.0. The number of aromatic nitrogens is 2. The fraction of sp³-hybridized carbons (Fsp3) is 0.476. The minimum Gasteiger partial charge on any atom is -0.454 e. The first-order chi connectivity index (χ1) is 14.7. The molecular formula is C21H24N4O5. The standard InChI is InChI=1S/C21H24N4O5/c26-20(14-3-4-16-18(12-14)30-13-29-16)23-19-5-8-22-25(19)15-6-9-24(10-7-15)21(27)17-2-1-11-28-17/h3-5,8,12,15,17H,1-2,6-7,9-11,13H2,(H,23,26)/t17-/m0/s1. The molecule has 1 aromatic carbocycles. The van der Waals surface area contributed by atoms with Crippen LogP contribution in [-0.4, -0.2) is 59.1 Å². The Labute approximate surface area is 173 Å². The SMILES string of the molecule is O=C(Nc1ccnn1C1CCN(C(=O)[C@@H]2CCCO2)CC1)c1ccc2c(c1)OCO2. The van der Waals surface area contributed by atoms with Gasteiger partial charge in [-0.25, -0.2) is 4.68 Å². The molecule has 0 saturated carbocycles. The van der Waals surface area contributed by atoms with Crippen molar-refractivity contribution in [3.8, 4) is 11.5 Å². The van der Waals surface area contributed by atoms with Gasteiger partial charge in [-0.3, -0.25) is 9.59 Å². The number of carbonyl (C=O) groups excluding carboxylic acids is 2. The van der Waals surface area contributed by atoms with Crippen LogP contribution in [0.3, 0.4) is 0 Å². The van der Waals surface area contributed by atoms with Crippen molar-refractivity contribution in [3.63, 3.8) is 0 Å². The number of rotatable bonds is 4. The van der Waals surface area contributed by atoms with E-state index in [0.717, 1.165) is 25.7 Å². The van der Waals surface area contributed by atoms with Gasteiger partial charge in [0.2, 0.25) is 6.79 Å². The van der Waals surface area contributed by atoms with Gasteiger partial charge in [0, 0.05) is 31.3 Å². The maximum Gasteiger partial charge on any atom is 0.256 e. The van der Waals surface area contributed by atoms with Gasteiger partial charge in [0.05, 0.1) is 12.2 Å². The molecule has 2 saturated heterocycles. The molecule has 1 aromatic heterocycles. The lowest BCUT2D eigenvalue weighted by Crippen LogP contribution is -2.44. The Hall–Kier alpha value is -3.07. The van der Waals surface area contributed by atoms with Crippen molar-refractivity contribution in [2.75, 3.05) is 31.8 Å². The molecule has 158 valence electrons. The third kappa shape index (κ3) is 3.60. The summed E-state index contributed by atoms with van der Waals surface area (Å²) in [6.45, 7) is 2.17. The predicted molar refractivity (Wildman–Crippen MR) is 107 cm³/mol. The summed E-state index contributed by atoms with van der Waals surface area (Å²) in [7, 11) is 0. The molecule has 0 aliphatic carbocycles. The van der Waals surface area contributed by atoms with Crippen LogP contribution in [0.2, 0.25) is 0 Å². The average molecular weight is 412 g/mol. The Morgan fingerprint density at radius 1 is 1.07 bits per heavy atom. The molecule has 0 radical (unpaired) electrons.